The van der Waals surface area contributed by atoms with Gasteiger partial charge >= 0.3 is 0 Å². The maximum atomic E-state index is 12.7. The molecule has 0 bridgehead atoms. The van der Waals surface area contributed by atoms with E-state index >= 15 is 0 Å². The van der Waals surface area contributed by atoms with Gasteiger partial charge in [-0.25, -0.2) is 0 Å². The molecule has 1 saturated carbocycles. The fourth-order valence-electron chi connectivity index (χ4n) is 3.04. The fourth-order valence-corrected chi connectivity index (χ4v) is 3.04. The van der Waals surface area contributed by atoms with E-state index in [2.05, 4.69) is 0 Å². The van der Waals surface area contributed by atoms with Crippen molar-refractivity contribution in [3.63, 3.8) is 0 Å². The van der Waals surface area contributed by atoms with Crippen molar-refractivity contribution in [2.45, 2.75) is 45.6 Å². The lowest BCUT2D eigenvalue weighted by Crippen LogP contribution is -2.32. The SMILES string of the molecule is CC(C)Oc1cccc(C(=O)C2CCCCC2CN)c1. The zero-order valence-corrected chi connectivity index (χ0v) is 12.5. The van der Waals surface area contributed by atoms with Gasteiger partial charge in [0.05, 0.1) is 6.10 Å². The summed E-state index contributed by atoms with van der Waals surface area (Å²) in [6.07, 6.45) is 4.49. The zero-order chi connectivity index (χ0) is 14.5. The third kappa shape index (κ3) is 3.60. The first-order chi connectivity index (χ1) is 9.61. The third-order valence-electron chi connectivity index (χ3n) is 4.04. The van der Waals surface area contributed by atoms with E-state index in [4.69, 9.17) is 10.5 Å². The van der Waals surface area contributed by atoms with Crippen LogP contribution in [0.3, 0.4) is 0 Å². The van der Waals surface area contributed by atoms with Gasteiger partial charge in [-0.15, -0.1) is 0 Å². The van der Waals surface area contributed by atoms with E-state index in [1.165, 1.54) is 6.42 Å². The molecule has 1 aromatic carbocycles. The number of Topliss-reactive ketones (excluding diaryl/α,β-unsaturated/α-hetero) is 1. The molecule has 0 aliphatic heterocycles. The van der Waals surface area contributed by atoms with Gasteiger partial charge in [0.2, 0.25) is 0 Å². The number of hydrogen-bond acceptors (Lipinski definition) is 3. The predicted molar refractivity (Wildman–Crippen MR) is 81.0 cm³/mol. The predicted octanol–water partition coefficient (Wildman–Crippen LogP) is 3.42. The second-order valence-corrected chi connectivity index (χ2v) is 5.95. The van der Waals surface area contributed by atoms with Crippen molar-refractivity contribution in [1.82, 2.24) is 0 Å². The van der Waals surface area contributed by atoms with Gasteiger partial charge in [0.1, 0.15) is 5.75 Å². The summed E-state index contributed by atoms with van der Waals surface area (Å²) >= 11 is 0. The lowest BCUT2D eigenvalue weighted by atomic mass is 9.75. The molecule has 2 rings (SSSR count). The first kappa shape index (κ1) is 15.0. The van der Waals surface area contributed by atoms with Crippen LogP contribution in [0.4, 0.5) is 0 Å². The molecule has 0 heterocycles. The largest absolute Gasteiger partial charge is 0.491 e. The summed E-state index contributed by atoms with van der Waals surface area (Å²) in [5.41, 5.74) is 6.59. The number of ether oxygens (including phenoxy) is 1. The van der Waals surface area contributed by atoms with Gasteiger partial charge < -0.3 is 10.5 Å². The molecule has 0 aromatic heterocycles. The standard InChI is InChI=1S/C17H25NO2/c1-12(2)20-15-8-5-7-13(10-15)17(19)16-9-4-3-6-14(16)11-18/h5,7-8,10,12,14,16H,3-4,6,9,11,18H2,1-2H3. The lowest BCUT2D eigenvalue weighted by molar-refractivity contribution is 0.0829. The number of carbonyl (C=O) groups is 1. The molecule has 3 nitrogen and oxygen atoms in total. The van der Waals surface area contributed by atoms with Crippen LogP contribution in [0.2, 0.25) is 0 Å². The maximum absolute atomic E-state index is 12.7. The number of hydrogen-bond donors (Lipinski definition) is 1. The van der Waals surface area contributed by atoms with E-state index in [9.17, 15) is 4.79 Å². The molecule has 3 heteroatoms. The monoisotopic (exact) mass is 275 g/mol. The quantitative estimate of drug-likeness (QED) is 0.838. The van der Waals surface area contributed by atoms with Crippen LogP contribution in [0.1, 0.15) is 49.9 Å². The van der Waals surface area contributed by atoms with Crippen molar-refractivity contribution in [2.75, 3.05) is 6.54 Å². The first-order valence-electron chi connectivity index (χ1n) is 7.63. The topological polar surface area (TPSA) is 52.3 Å². The van der Waals surface area contributed by atoms with E-state index < -0.39 is 0 Å². The average Bonchev–Trinajstić information content (AvgIpc) is 2.46. The summed E-state index contributed by atoms with van der Waals surface area (Å²) in [5.74, 6) is 1.43. The number of carbonyl (C=O) groups excluding carboxylic acids is 1. The number of benzene rings is 1. The van der Waals surface area contributed by atoms with E-state index in [1.807, 2.05) is 38.1 Å². The minimum Gasteiger partial charge on any atom is -0.491 e. The summed E-state index contributed by atoms with van der Waals surface area (Å²) in [5, 5.41) is 0. The molecule has 0 amide bonds. The molecule has 2 unspecified atom stereocenters. The van der Waals surface area contributed by atoms with Gasteiger partial charge in [0.25, 0.3) is 0 Å². The normalized spacial score (nSPS) is 22.8. The highest BCUT2D eigenvalue weighted by Crippen LogP contribution is 2.32. The fraction of sp³-hybridized carbons (Fsp3) is 0.588. The van der Waals surface area contributed by atoms with Gasteiger partial charge in [-0.05, 0) is 51.3 Å². The molecule has 0 radical (unpaired) electrons. The molecular formula is C17H25NO2. The highest BCUT2D eigenvalue weighted by Gasteiger charge is 2.30. The molecule has 0 saturated heterocycles. The molecule has 1 aliphatic rings. The summed E-state index contributed by atoms with van der Waals surface area (Å²) in [7, 11) is 0. The smallest absolute Gasteiger partial charge is 0.166 e. The Bertz CT molecular complexity index is 456. The van der Waals surface area contributed by atoms with Gasteiger partial charge in [-0.1, -0.05) is 25.0 Å². The highest BCUT2D eigenvalue weighted by molar-refractivity contribution is 5.98. The van der Waals surface area contributed by atoms with Crippen LogP contribution in [-0.2, 0) is 0 Å². The lowest BCUT2D eigenvalue weighted by Gasteiger charge is -2.29. The Morgan fingerprint density at radius 2 is 2.10 bits per heavy atom. The zero-order valence-electron chi connectivity index (χ0n) is 12.5. The van der Waals surface area contributed by atoms with Crippen LogP contribution < -0.4 is 10.5 Å². The summed E-state index contributed by atoms with van der Waals surface area (Å²) in [6, 6.07) is 7.55. The van der Waals surface area contributed by atoms with Crippen molar-refractivity contribution < 1.29 is 9.53 Å². The van der Waals surface area contributed by atoms with Gasteiger partial charge in [-0.2, -0.15) is 0 Å². The van der Waals surface area contributed by atoms with Crippen molar-refractivity contribution in [3.05, 3.63) is 29.8 Å². The molecule has 110 valence electrons. The molecule has 1 aliphatic carbocycles. The highest BCUT2D eigenvalue weighted by atomic mass is 16.5. The number of ketones is 1. The van der Waals surface area contributed by atoms with E-state index in [0.717, 1.165) is 30.6 Å². The molecule has 2 N–H and O–H groups in total. The van der Waals surface area contributed by atoms with Crippen molar-refractivity contribution >= 4 is 5.78 Å². The summed E-state index contributed by atoms with van der Waals surface area (Å²) in [6.45, 7) is 4.58. The Balaban J connectivity index is 2.15. The van der Waals surface area contributed by atoms with Crippen LogP contribution in [0, 0.1) is 11.8 Å². The molecule has 2 atom stereocenters. The average molecular weight is 275 g/mol. The molecule has 1 aromatic rings. The van der Waals surface area contributed by atoms with Crippen LogP contribution in [0.25, 0.3) is 0 Å². The van der Waals surface area contributed by atoms with Gasteiger partial charge in [0, 0.05) is 11.5 Å². The minimum absolute atomic E-state index is 0.0862. The van der Waals surface area contributed by atoms with Crippen LogP contribution >= 0.6 is 0 Å². The second kappa shape index (κ2) is 6.89. The van der Waals surface area contributed by atoms with Gasteiger partial charge in [-0.3, -0.25) is 4.79 Å². The minimum atomic E-state index is 0.0862. The number of nitrogens with two attached hydrogens (primary N) is 1. The third-order valence-corrected chi connectivity index (χ3v) is 4.04. The Morgan fingerprint density at radius 1 is 1.35 bits per heavy atom. The molecule has 1 fully saturated rings. The van der Waals surface area contributed by atoms with Gasteiger partial charge in [0.15, 0.2) is 5.78 Å². The van der Waals surface area contributed by atoms with Crippen LogP contribution in [0.5, 0.6) is 5.75 Å². The number of rotatable bonds is 5. The van der Waals surface area contributed by atoms with E-state index in [-0.39, 0.29) is 17.8 Å². The summed E-state index contributed by atoms with van der Waals surface area (Å²) < 4.78 is 5.67. The maximum Gasteiger partial charge on any atom is 0.166 e. The first-order valence-corrected chi connectivity index (χ1v) is 7.63. The second-order valence-electron chi connectivity index (χ2n) is 5.95. The van der Waals surface area contributed by atoms with E-state index in [1.54, 1.807) is 0 Å². The Hall–Kier alpha value is -1.35. The Labute approximate surface area is 121 Å². The Kier molecular flexibility index (Phi) is 5.18. The van der Waals surface area contributed by atoms with Crippen molar-refractivity contribution in [2.24, 2.45) is 17.6 Å². The Morgan fingerprint density at radius 3 is 2.80 bits per heavy atom. The molecule has 0 spiro atoms. The summed E-state index contributed by atoms with van der Waals surface area (Å²) in [4.78, 5) is 12.7. The molecular weight excluding hydrogens is 250 g/mol. The van der Waals surface area contributed by atoms with Crippen molar-refractivity contribution in [3.8, 4) is 5.75 Å². The van der Waals surface area contributed by atoms with E-state index in [0.29, 0.717) is 12.5 Å². The molecule has 20 heavy (non-hydrogen) atoms. The van der Waals surface area contributed by atoms with Crippen molar-refractivity contribution in [1.29, 1.82) is 0 Å². The van der Waals surface area contributed by atoms with Crippen LogP contribution in [-0.4, -0.2) is 18.4 Å². The van der Waals surface area contributed by atoms with Crippen LogP contribution in [0.15, 0.2) is 24.3 Å².